The van der Waals surface area contributed by atoms with E-state index in [1.807, 2.05) is 0 Å². The van der Waals surface area contributed by atoms with Crippen molar-refractivity contribution < 1.29 is 8.78 Å². The zero-order chi connectivity index (χ0) is 14.7. The summed E-state index contributed by atoms with van der Waals surface area (Å²) in [6.45, 7) is 0.107. The van der Waals surface area contributed by atoms with Crippen LogP contribution in [0.2, 0.25) is 0 Å². The minimum absolute atomic E-state index is 0.107. The molecule has 104 valence electrons. The van der Waals surface area contributed by atoms with Crippen LogP contribution < -0.4 is 5.32 Å². The standard InChI is InChI=1S/C14H10BrClF2N2/c15-9-4-12(16)11(14(19)5-9)7-20-6-8-3-10(17)1-2-13(8)18/h1-5,7,19-20H,6H2/b11-7-,19-14?. The fourth-order valence-electron chi connectivity index (χ4n) is 1.67. The van der Waals surface area contributed by atoms with E-state index in [9.17, 15) is 8.78 Å². The third kappa shape index (κ3) is 3.55. The average Bonchev–Trinajstić information content (AvgIpc) is 2.36. The van der Waals surface area contributed by atoms with Crippen LogP contribution in [0.15, 0.2) is 51.6 Å². The Kier molecular flexibility index (Phi) is 4.73. The van der Waals surface area contributed by atoms with Crippen LogP contribution in [0.5, 0.6) is 0 Å². The topological polar surface area (TPSA) is 35.9 Å². The molecule has 0 heterocycles. The lowest BCUT2D eigenvalue weighted by Crippen LogP contribution is -2.12. The van der Waals surface area contributed by atoms with E-state index in [2.05, 4.69) is 21.2 Å². The quantitative estimate of drug-likeness (QED) is 0.826. The summed E-state index contributed by atoms with van der Waals surface area (Å²) in [5, 5.41) is 11.0. The van der Waals surface area contributed by atoms with Gasteiger partial charge in [0.1, 0.15) is 11.6 Å². The van der Waals surface area contributed by atoms with E-state index in [4.69, 9.17) is 17.0 Å². The van der Waals surface area contributed by atoms with Gasteiger partial charge in [0.2, 0.25) is 0 Å². The number of allylic oxidation sites excluding steroid dienone is 5. The summed E-state index contributed by atoms with van der Waals surface area (Å²) in [5.41, 5.74) is 0.935. The van der Waals surface area contributed by atoms with Crippen molar-refractivity contribution in [2.75, 3.05) is 0 Å². The molecule has 6 heteroatoms. The summed E-state index contributed by atoms with van der Waals surface area (Å²) < 4.78 is 27.1. The van der Waals surface area contributed by atoms with Crippen molar-refractivity contribution in [2.45, 2.75) is 6.54 Å². The second-order valence-corrected chi connectivity index (χ2v) is 5.43. The molecule has 0 aromatic heterocycles. The fraction of sp³-hybridized carbons (Fsp3) is 0.0714. The Bertz CT molecular complexity index is 651. The van der Waals surface area contributed by atoms with Gasteiger partial charge in [-0.3, -0.25) is 0 Å². The molecule has 1 aromatic carbocycles. The summed E-state index contributed by atoms with van der Waals surface area (Å²) in [6, 6.07) is 3.27. The van der Waals surface area contributed by atoms with Crippen LogP contribution >= 0.6 is 27.5 Å². The van der Waals surface area contributed by atoms with Gasteiger partial charge < -0.3 is 10.7 Å². The van der Waals surface area contributed by atoms with Gasteiger partial charge in [-0.05, 0) is 30.4 Å². The molecule has 1 aromatic rings. The summed E-state index contributed by atoms with van der Waals surface area (Å²) in [4.78, 5) is 0. The van der Waals surface area contributed by atoms with Crippen molar-refractivity contribution >= 4 is 33.2 Å². The molecule has 0 bridgehead atoms. The molecule has 0 radical (unpaired) electrons. The second kappa shape index (κ2) is 6.33. The van der Waals surface area contributed by atoms with Crippen LogP contribution in [0.3, 0.4) is 0 Å². The average molecular weight is 360 g/mol. The molecule has 20 heavy (non-hydrogen) atoms. The van der Waals surface area contributed by atoms with Gasteiger partial charge >= 0.3 is 0 Å². The minimum atomic E-state index is -0.494. The van der Waals surface area contributed by atoms with Crippen LogP contribution in [-0.2, 0) is 6.54 Å². The van der Waals surface area contributed by atoms with E-state index < -0.39 is 11.6 Å². The molecule has 0 atom stereocenters. The van der Waals surface area contributed by atoms with Gasteiger partial charge in [0.05, 0.1) is 10.7 Å². The van der Waals surface area contributed by atoms with E-state index in [0.29, 0.717) is 15.1 Å². The maximum atomic E-state index is 13.4. The minimum Gasteiger partial charge on any atom is -0.386 e. The van der Waals surface area contributed by atoms with Crippen LogP contribution in [0, 0.1) is 17.0 Å². The van der Waals surface area contributed by atoms with Gasteiger partial charge in [-0.25, -0.2) is 8.78 Å². The van der Waals surface area contributed by atoms with Crippen molar-refractivity contribution in [3.8, 4) is 0 Å². The molecule has 0 saturated carbocycles. The highest BCUT2D eigenvalue weighted by molar-refractivity contribution is 9.11. The first kappa shape index (κ1) is 14.9. The van der Waals surface area contributed by atoms with E-state index in [-0.39, 0.29) is 17.8 Å². The largest absolute Gasteiger partial charge is 0.386 e. The van der Waals surface area contributed by atoms with E-state index >= 15 is 0 Å². The van der Waals surface area contributed by atoms with E-state index in [1.54, 1.807) is 12.2 Å². The number of rotatable bonds is 3. The Balaban J connectivity index is 2.09. The molecule has 1 aliphatic rings. The van der Waals surface area contributed by atoms with E-state index in [1.165, 1.54) is 6.20 Å². The van der Waals surface area contributed by atoms with Gasteiger partial charge in [0.25, 0.3) is 0 Å². The third-order valence-corrected chi connectivity index (χ3v) is 3.41. The Morgan fingerprint density at radius 2 is 2.05 bits per heavy atom. The van der Waals surface area contributed by atoms with Crippen LogP contribution in [0.1, 0.15) is 5.56 Å². The normalized spacial score (nSPS) is 17.0. The number of benzene rings is 1. The lowest BCUT2D eigenvalue weighted by molar-refractivity contribution is 0.580. The monoisotopic (exact) mass is 358 g/mol. The number of hydrogen-bond acceptors (Lipinski definition) is 2. The molecule has 1 aliphatic carbocycles. The SMILES string of the molecule is N=C1C=C(Br)C=C(Cl)/C1=C/NCc1cc(F)ccc1F. The zero-order valence-corrected chi connectivity index (χ0v) is 12.5. The maximum Gasteiger partial charge on any atom is 0.128 e. The second-order valence-electron chi connectivity index (χ2n) is 4.11. The first-order chi connectivity index (χ1) is 9.47. The molecule has 0 fully saturated rings. The van der Waals surface area contributed by atoms with Crippen molar-refractivity contribution in [2.24, 2.45) is 0 Å². The molecule has 0 spiro atoms. The van der Waals surface area contributed by atoms with Gasteiger partial charge in [0, 0.05) is 28.4 Å². The number of hydrogen-bond donors (Lipinski definition) is 2. The van der Waals surface area contributed by atoms with Gasteiger partial charge in [-0.1, -0.05) is 27.5 Å². The van der Waals surface area contributed by atoms with Gasteiger partial charge in [0.15, 0.2) is 0 Å². The third-order valence-electron chi connectivity index (χ3n) is 2.64. The summed E-state index contributed by atoms with van der Waals surface area (Å²) in [6.07, 6.45) is 4.78. The summed E-state index contributed by atoms with van der Waals surface area (Å²) in [5.74, 6) is -0.980. The Labute approximate surface area is 128 Å². The van der Waals surface area contributed by atoms with Crippen molar-refractivity contribution in [3.63, 3.8) is 0 Å². The predicted molar refractivity (Wildman–Crippen MR) is 80.0 cm³/mol. The van der Waals surface area contributed by atoms with Crippen LogP contribution in [0.4, 0.5) is 8.78 Å². The fourth-order valence-corrected chi connectivity index (χ4v) is 2.54. The lowest BCUT2D eigenvalue weighted by Gasteiger charge is -2.11. The van der Waals surface area contributed by atoms with Crippen LogP contribution in [-0.4, -0.2) is 5.71 Å². The highest BCUT2D eigenvalue weighted by Gasteiger charge is 2.13. The molecule has 2 rings (SSSR count). The summed E-state index contributed by atoms with van der Waals surface area (Å²) >= 11 is 9.26. The van der Waals surface area contributed by atoms with Gasteiger partial charge in [-0.2, -0.15) is 0 Å². The van der Waals surface area contributed by atoms with Crippen molar-refractivity contribution in [1.29, 1.82) is 5.41 Å². The molecule has 0 amide bonds. The Morgan fingerprint density at radius 1 is 1.30 bits per heavy atom. The Hall–Kier alpha value is -1.46. The zero-order valence-electron chi connectivity index (χ0n) is 10.2. The highest BCUT2D eigenvalue weighted by Crippen LogP contribution is 2.26. The highest BCUT2D eigenvalue weighted by atomic mass is 79.9. The van der Waals surface area contributed by atoms with Gasteiger partial charge in [-0.15, -0.1) is 0 Å². The number of nitrogens with one attached hydrogen (secondary N) is 2. The van der Waals surface area contributed by atoms with E-state index in [0.717, 1.165) is 18.2 Å². The smallest absolute Gasteiger partial charge is 0.128 e. The molecular formula is C14H10BrClF2N2. The predicted octanol–water partition coefficient (Wildman–Crippen LogP) is 4.37. The molecule has 2 nitrogen and oxygen atoms in total. The van der Waals surface area contributed by atoms with Crippen LogP contribution in [0.25, 0.3) is 0 Å². The first-order valence-corrected chi connectivity index (χ1v) is 6.85. The summed E-state index contributed by atoms with van der Waals surface area (Å²) in [7, 11) is 0. The molecular weight excluding hydrogens is 350 g/mol. The molecule has 2 N–H and O–H groups in total. The molecule has 0 aliphatic heterocycles. The Morgan fingerprint density at radius 3 is 2.75 bits per heavy atom. The lowest BCUT2D eigenvalue weighted by atomic mass is 10.1. The van der Waals surface area contributed by atoms with Crippen molar-refractivity contribution in [1.82, 2.24) is 5.32 Å². The maximum absolute atomic E-state index is 13.4. The first-order valence-electron chi connectivity index (χ1n) is 5.68. The van der Waals surface area contributed by atoms with Crippen molar-refractivity contribution in [3.05, 3.63) is 68.8 Å². The number of halogens is 4. The molecule has 0 saturated heterocycles. The molecule has 0 unspecified atom stereocenters.